The molecule has 0 unspecified atom stereocenters. The fraction of sp³-hybridized carbons (Fsp3) is 0.154. The number of nitrogens with one attached hydrogen (secondary N) is 2. The number of aromatic nitrogens is 3. The maximum atomic E-state index is 13.7. The van der Waals surface area contributed by atoms with Gasteiger partial charge in [-0.3, -0.25) is 9.36 Å². The topological polar surface area (TPSA) is 84.2 Å². The summed E-state index contributed by atoms with van der Waals surface area (Å²) in [6.45, 7) is 4.27. The highest BCUT2D eigenvalue weighted by Crippen LogP contribution is 2.27. The second kappa shape index (κ2) is 12.1. The average Bonchev–Trinajstić information content (AvgIpc) is 3.27. The van der Waals surface area contributed by atoms with Crippen LogP contribution in [0, 0.1) is 16.3 Å². The van der Waals surface area contributed by atoms with Crippen LogP contribution in [0.4, 0.5) is 10.1 Å². The normalized spacial score (nSPS) is 12.0. The molecule has 7 nitrogen and oxygen atoms in total. The number of hydrogen-bond acceptors (Lipinski definition) is 6. The Morgan fingerprint density at radius 2 is 1.89 bits per heavy atom. The SMILES string of the molecule is Cc1cc(I)ccc1NCc1nnc(S[C@@H](C)C(=O)N/N=C\c2ccccc2F)n1-c1ccccc1. The lowest BCUT2D eigenvalue weighted by molar-refractivity contribution is -0.120. The van der Waals surface area contributed by atoms with Crippen LogP contribution in [0.1, 0.15) is 23.9 Å². The summed E-state index contributed by atoms with van der Waals surface area (Å²) in [7, 11) is 0. The second-order valence-corrected chi connectivity index (χ2v) is 10.5. The molecule has 0 spiro atoms. The first kappa shape index (κ1) is 25.8. The average molecular weight is 614 g/mol. The van der Waals surface area contributed by atoms with Crippen molar-refractivity contribution < 1.29 is 9.18 Å². The predicted molar refractivity (Wildman–Crippen MR) is 150 cm³/mol. The Kier molecular flexibility index (Phi) is 8.70. The third kappa shape index (κ3) is 6.49. The lowest BCUT2D eigenvalue weighted by Crippen LogP contribution is -2.27. The molecule has 36 heavy (non-hydrogen) atoms. The number of para-hydroxylation sites is 1. The monoisotopic (exact) mass is 614 g/mol. The second-order valence-electron chi connectivity index (χ2n) is 7.90. The van der Waals surface area contributed by atoms with Gasteiger partial charge in [0.15, 0.2) is 11.0 Å². The fourth-order valence-electron chi connectivity index (χ4n) is 3.38. The zero-order valence-electron chi connectivity index (χ0n) is 19.7. The van der Waals surface area contributed by atoms with Gasteiger partial charge < -0.3 is 5.32 Å². The maximum Gasteiger partial charge on any atom is 0.253 e. The van der Waals surface area contributed by atoms with Crippen LogP contribution in [0.25, 0.3) is 5.69 Å². The number of carbonyl (C=O) groups is 1. The molecule has 0 aliphatic carbocycles. The van der Waals surface area contributed by atoms with Crippen molar-refractivity contribution >= 4 is 52.2 Å². The molecule has 0 fully saturated rings. The number of hydrazone groups is 1. The quantitative estimate of drug-likeness (QED) is 0.112. The smallest absolute Gasteiger partial charge is 0.253 e. The van der Waals surface area contributed by atoms with Crippen molar-refractivity contribution in [2.45, 2.75) is 30.8 Å². The van der Waals surface area contributed by atoms with E-state index in [1.54, 1.807) is 25.1 Å². The molecule has 0 aliphatic heterocycles. The minimum Gasteiger partial charge on any atom is -0.378 e. The van der Waals surface area contributed by atoms with Crippen molar-refractivity contribution in [2.24, 2.45) is 5.10 Å². The Hall–Kier alpha value is -3.25. The molecule has 1 atom stereocenters. The number of aryl methyl sites for hydroxylation is 1. The number of thioether (sulfide) groups is 1. The van der Waals surface area contributed by atoms with Crippen molar-refractivity contribution in [1.29, 1.82) is 0 Å². The first-order chi connectivity index (χ1) is 17.4. The lowest BCUT2D eigenvalue weighted by Gasteiger charge is -2.14. The van der Waals surface area contributed by atoms with Crippen LogP contribution in [-0.2, 0) is 11.3 Å². The number of rotatable bonds is 9. The van der Waals surface area contributed by atoms with Crippen LogP contribution in [0.15, 0.2) is 83.1 Å². The van der Waals surface area contributed by atoms with E-state index in [1.165, 1.54) is 27.6 Å². The van der Waals surface area contributed by atoms with Crippen LogP contribution >= 0.6 is 34.4 Å². The minimum absolute atomic E-state index is 0.294. The van der Waals surface area contributed by atoms with Crippen molar-refractivity contribution in [3.8, 4) is 5.69 Å². The van der Waals surface area contributed by atoms with E-state index in [4.69, 9.17) is 0 Å². The van der Waals surface area contributed by atoms with E-state index in [-0.39, 0.29) is 5.91 Å². The molecule has 184 valence electrons. The molecule has 4 aromatic rings. The maximum absolute atomic E-state index is 13.7. The number of benzene rings is 3. The highest BCUT2D eigenvalue weighted by molar-refractivity contribution is 14.1. The van der Waals surface area contributed by atoms with Crippen LogP contribution in [0.5, 0.6) is 0 Å². The van der Waals surface area contributed by atoms with Gasteiger partial charge in [0.25, 0.3) is 5.91 Å². The van der Waals surface area contributed by atoms with Gasteiger partial charge in [0.2, 0.25) is 0 Å². The minimum atomic E-state index is -0.520. The Morgan fingerprint density at radius 1 is 1.14 bits per heavy atom. The number of anilines is 1. The summed E-state index contributed by atoms with van der Waals surface area (Å²) >= 11 is 3.56. The zero-order chi connectivity index (χ0) is 25.5. The summed E-state index contributed by atoms with van der Waals surface area (Å²) in [6, 6.07) is 22.2. The van der Waals surface area contributed by atoms with E-state index in [2.05, 4.69) is 61.6 Å². The van der Waals surface area contributed by atoms with E-state index >= 15 is 0 Å². The van der Waals surface area contributed by atoms with E-state index in [1.807, 2.05) is 47.0 Å². The Morgan fingerprint density at radius 3 is 2.64 bits per heavy atom. The third-order valence-corrected chi connectivity index (χ3v) is 6.99. The molecule has 1 amide bonds. The van der Waals surface area contributed by atoms with Crippen molar-refractivity contribution in [3.05, 3.63) is 99.1 Å². The van der Waals surface area contributed by atoms with Gasteiger partial charge in [0, 0.05) is 20.5 Å². The summed E-state index contributed by atoms with van der Waals surface area (Å²) in [5.41, 5.74) is 5.83. The number of hydrogen-bond donors (Lipinski definition) is 2. The Bertz CT molecular complexity index is 1380. The lowest BCUT2D eigenvalue weighted by atomic mass is 10.2. The van der Waals surface area contributed by atoms with E-state index < -0.39 is 11.1 Å². The van der Waals surface area contributed by atoms with Crippen LogP contribution in [0.3, 0.4) is 0 Å². The Labute approximate surface area is 226 Å². The summed E-state index contributed by atoms with van der Waals surface area (Å²) in [5, 5.41) is 16.2. The molecular weight excluding hydrogens is 590 g/mol. The standard InChI is InChI=1S/C26H24FIN6OS/c1-17-14-20(28)12-13-23(17)29-16-24-31-33-26(34(24)21-9-4-3-5-10-21)36-18(2)25(35)32-30-15-19-8-6-7-11-22(19)27/h3-15,18,29H,16H2,1-2H3,(H,32,35)/b30-15-/t18-/m0/s1. The number of halogens is 2. The summed E-state index contributed by atoms with van der Waals surface area (Å²) in [5.74, 6) is -0.0216. The molecule has 0 saturated carbocycles. The van der Waals surface area contributed by atoms with Gasteiger partial charge in [0.1, 0.15) is 5.82 Å². The summed E-state index contributed by atoms with van der Waals surface area (Å²) < 4.78 is 16.9. The highest BCUT2D eigenvalue weighted by atomic mass is 127. The number of amides is 1. The van der Waals surface area contributed by atoms with Crippen molar-refractivity contribution in [2.75, 3.05) is 5.32 Å². The predicted octanol–water partition coefficient (Wildman–Crippen LogP) is 5.56. The van der Waals surface area contributed by atoms with Gasteiger partial charge in [-0.2, -0.15) is 5.10 Å². The number of carbonyl (C=O) groups excluding carboxylic acids is 1. The molecule has 0 saturated heterocycles. The van der Waals surface area contributed by atoms with Crippen LogP contribution < -0.4 is 10.7 Å². The molecular formula is C26H24FIN6OS. The van der Waals surface area contributed by atoms with E-state index in [9.17, 15) is 9.18 Å². The molecule has 4 rings (SSSR count). The summed E-state index contributed by atoms with van der Waals surface area (Å²) in [6.07, 6.45) is 1.29. The molecule has 0 aliphatic rings. The Balaban J connectivity index is 1.49. The van der Waals surface area contributed by atoms with Gasteiger partial charge in [-0.15, -0.1) is 10.2 Å². The first-order valence-corrected chi connectivity index (χ1v) is 13.1. The van der Waals surface area contributed by atoms with Gasteiger partial charge in [-0.1, -0.05) is 48.2 Å². The molecule has 0 radical (unpaired) electrons. The summed E-state index contributed by atoms with van der Waals surface area (Å²) in [4.78, 5) is 12.6. The highest BCUT2D eigenvalue weighted by Gasteiger charge is 2.21. The third-order valence-electron chi connectivity index (χ3n) is 5.28. The molecule has 1 aromatic heterocycles. The largest absolute Gasteiger partial charge is 0.378 e. The van der Waals surface area contributed by atoms with Gasteiger partial charge in [-0.05, 0) is 78.4 Å². The van der Waals surface area contributed by atoms with Gasteiger partial charge in [0.05, 0.1) is 18.0 Å². The van der Waals surface area contributed by atoms with Gasteiger partial charge >= 0.3 is 0 Å². The van der Waals surface area contributed by atoms with Crippen molar-refractivity contribution in [3.63, 3.8) is 0 Å². The van der Waals surface area contributed by atoms with Crippen molar-refractivity contribution in [1.82, 2.24) is 20.2 Å². The van der Waals surface area contributed by atoms with E-state index in [0.717, 1.165) is 16.9 Å². The zero-order valence-corrected chi connectivity index (χ0v) is 22.6. The van der Waals surface area contributed by atoms with Gasteiger partial charge in [-0.25, -0.2) is 9.82 Å². The van der Waals surface area contributed by atoms with Crippen LogP contribution in [-0.4, -0.2) is 32.1 Å². The molecule has 10 heteroatoms. The molecule has 0 bridgehead atoms. The van der Waals surface area contributed by atoms with E-state index in [0.29, 0.717) is 23.1 Å². The first-order valence-electron chi connectivity index (χ1n) is 11.2. The molecule has 1 heterocycles. The molecule has 3 aromatic carbocycles. The van der Waals surface area contributed by atoms with Crippen LogP contribution in [0.2, 0.25) is 0 Å². The fourth-order valence-corrected chi connectivity index (χ4v) is 4.90. The molecule has 2 N–H and O–H groups in total. The number of nitrogens with zero attached hydrogens (tertiary/aromatic N) is 4.